The number of hydrogen-bond acceptors (Lipinski definition) is 7. The summed E-state index contributed by atoms with van der Waals surface area (Å²) >= 11 is 0. The van der Waals surface area contributed by atoms with Gasteiger partial charge in [0, 0.05) is 11.8 Å². The maximum absolute atomic E-state index is 11.7. The van der Waals surface area contributed by atoms with Crippen LogP contribution in [0.5, 0.6) is 0 Å². The number of aliphatic hydroxyl groups is 2. The molecule has 0 bridgehead atoms. The molecule has 24 heavy (non-hydrogen) atoms. The predicted molar refractivity (Wildman–Crippen MR) is 72.2 cm³/mol. The molecule has 0 spiro atoms. The minimum absolute atomic E-state index is 0. The molecule has 0 amide bonds. The van der Waals surface area contributed by atoms with Crippen molar-refractivity contribution in [2.24, 2.45) is 0 Å². The predicted octanol–water partition coefficient (Wildman–Crippen LogP) is -8.19. The number of nitrogens with one attached hydrogen (secondary N) is 1. The molecule has 1 aromatic heterocycles. The summed E-state index contributed by atoms with van der Waals surface area (Å²) in [6, 6.07) is 0. The fourth-order valence-electron chi connectivity index (χ4n) is 1.94. The average Bonchev–Trinajstić information content (AvgIpc) is 2.68. The number of rotatable bonds is 4. The van der Waals surface area contributed by atoms with E-state index in [0.717, 1.165) is 10.8 Å². The first-order valence-electron chi connectivity index (χ1n) is 6.10. The molecule has 0 aromatic carbocycles. The SMILES string of the molecule is Cc1cn([C@@H]2O[C@H](OCP(=O)(O)O)[C@@H](O)[C@H]2O)c(=O)[nH]c1=O.[H-].[H-].[Na+].[Na+]. The first-order valence-corrected chi connectivity index (χ1v) is 7.90. The molecule has 2 rings (SSSR count). The first kappa shape index (κ1) is 24.7. The standard InChI is InChI=1S/C10H15N2O9P.2Na.2H/c1-4-2-12(10(16)11-7(4)15)8-5(13)6(14)9(21-8)20-3-22(17,18)19;;;;/h2,5-6,8-9,13-14H,3H2,1H3,(H,11,15,16)(H2,17,18,19);;;;/q;2*+1;2*-1/t5-,6+,8-,9+;;;;/m1..../s1. The summed E-state index contributed by atoms with van der Waals surface area (Å²) in [5.41, 5.74) is -1.31. The zero-order chi connectivity index (χ0) is 16.7. The van der Waals surface area contributed by atoms with E-state index >= 15 is 0 Å². The van der Waals surface area contributed by atoms with Gasteiger partial charge < -0.3 is 32.3 Å². The van der Waals surface area contributed by atoms with Gasteiger partial charge in [0.05, 0.1) is 0 Å². The van der Waals surface area contributed by atoms with E-state index in [9.17, 15) is 24.4 Å². The van der Waals surface area contributed by atoms with Gasteiger partial charge in [0.1, 0.15) is 12.2 Å². The third kappa shape index (κ3) is 5.85. The van der Waals surface area contributed by atoms with Crippen LogP contribution in [0, 0.1) is 6.92 Å². The van der Waals surface area contributed by atoms with Crippen LogP contribution in [0.3, 0.4) is 0 Å². The summed E-state index contributed by atoms with van der Waals surface area (Å²) in [6.45, 7) is 1.42. The van der Waals surface area contributed by atoms with E-state index in [4.69, 9.17) is 19.3 Å². The number of aromatic nitrogens is 2. The molecular weight excluding hydrogens is 369 g/mol. The van der Waals surface area contributed by atoms with Gasteiger partial charge in [-0.25, -0.2) is 4.79 Å². The molecular formula is C10H17N2Na2O9P. The number of H-pyrrole nitrogens is 1. The molecule has 1 aliphatic rings. The Kier molecular flexibility index (Phi) is 9.83. The fraction of sp³-hybridized carbons (Fsp3) is 0.600. The van der Waals surface area contributed by atoms with Crippen molar-refractivity contribution in [1.29, 1.82) is 0 Å². The summed E-state index contributed by atoms with van der Waals surface area (Å²) in [5, 5.41) is 19.7. The van der Waals surface area contributed by atoms with Crippen LogP contribution in [0.1, 0.15) is 14.6 Å². The Morgan fingerprint density at radius 3 is 2.46 bits per heavy atom. The Morgan fingerprint density at radius 1 is 1.33 bits per heavy atom. The van der Waals surface area contributed by atoms with Crippen molar-refractivity contribution in [2.75, 3.05) is 6.35 Å². The Labute approximate surface area is 182 Å². The van der Waals surface area contributed by atoms with Gasteiger partial charge in [-0.2, -0.15) is 0 Å². The number of nitrogens with zero attached hydrogens (tertiary/aromatic N) is 1. The van der Waals surface area contributed by atoms with E-state index in [1.54, 1.807) is 0 Å². The Hall–Kier alpha value is 0.670. The van der Waals surface area contributed by atoms with Crippen LogP contribution in [0.4, 0.5) is 0 Å². The zero-order valence-electron chi connectivity index (χ0n) is 15.3. The maximum atomic E-state index is 11.7. The van der Waals surface area contributed by atoms with Crippen molar-refractivity contribution in [3.05, 3.63) is 32.6 Å². The summed E-state index contributed by atoms with van der Waals surface area (Å²) in [4.78, 5) is 42.5. The molecule has 1 aliphatic heterocycles. The second kappa shape index (κ2) is 9.56. The molecule has 14 heteroatoms. The molecule has 1 aromatic rings. The van der Waals surface area contributed by atoms with E-state index in [1.165, 1.54) is 6.92 Å². The minimum Gasteiger partial charge on any atom is -1.00 e. The number of aryl methyl sites for hydroxylation is 1. The van der Waals surface area contributed by atoms with Crippen molar-refractivity contribution in [1.82, 2.24) is 9.55 Å². The van der Waals surface area contributed by atoms with E-state index in [2.05, 4.69) is 0 Å². The fourth-order valence-corrected chi connectivity index (χ4v) is 2.28. The molecule has 0 radical (unpaired) electrons. The Balaban J connectivity index is -0.00000132. The largest absolute Gasteiger partial charge is 1.00 e. The molecule has 5 N–H and O–H groups in total. The molecule has 11 nitrogen and oxygen atoms in total. The van der Waals surface area contributed by atoms with Crippen molar-refractivity contribution in [2.45, 2.75) is 31.6 Å². The molecule has 2 heterocycles. The smallest absolute Gasteiger partial charge is 1.00 e. The van der Waals surface area contributed by atoms with Crippen LogP contribution in [-0.2, 0) is 14.0 Å². The van der Waals surface area contributed by atoms with Crippen LogP contribution < -0.4 is 70.4 Å². The molecule has 0 unspecified atom stereocenters. The second-order valence-electron chi connectivity index (χ2n) is 4.82. The quantitative estimate of drug-likeness (QED) is 0.249. The second-order valence-corrected chi connectivity index (χ2v) is 6.40. The Morgan fingerprint density at radius 2 is 1.92 bits per heavy atom. The van der Waals surface area contributed by atoms with Gasteiger partial charge >= 0.3 is 72.4 Å². The molecule has 128 valence electrons. The molecule has 1 saturated heterocycles. The first-order chi connectivity index (χ1) is 10.1. The molecule has 0 aliphatic carbocycles. The van der Waals surface area contributed by atoms with Gasteiger partial charge in [0.25, 0.3) is 5.56 Å². The van der Waals surface area contributed by atoms with Crippen LogP contribution >= 0.6 is 7.60 Å². The van der Waals surface area contributed by atoms with Gasteiger partial charge in [-0.3, -0.25) is 18.9 Å². The van der Waals surface area contributed by atoms with Crippen LogP contribution in [0.2, 0.25) is 0 Å². The molecule has 4 atom stereocenters. The summed E-state index contributed by atoms with van der Waals surface area (Å²) in [7, 11) is -4.49. The van der Waals surface area contributed by atoms with Gasteiger partial charge in [0.15, 0.2) is 18.9 Å². The van der Waals surface area contributed by atoms with Crippen molar-refractivity contribution in [3.8, 4) is 0 Å². The zero-order valence-corrected chi connectivity index (χ0v) is 18.2. The maximum Gasteiger partial charge on any atom is 1.00 e. The van der Waals surface area contributed by atoms with Crippen molar-refractivity contribution in [3.63, 3.8) is 0 Å². The van der Waals surface area contributed by atoms with Gasteiger partial charge in [-0.05, 0) is 6.92 Å². The van der Waals surface area contributed by atoms with Gasteiger partial charge in [-0.1, -0.05) is 0 Å². The summed E-state index contributed by atoms with van der Waals surface area (Å²) in [5.74, 6) is 0. The number of ether oxygens (including phenoxy) is 2. The van der Waals surface area contributed by atoms with E-state index in [0.29, 0.717) is 0 Å². The van der Waals surface area contributed by atoms with E-state index in [-0.39, 0.29) is 67.5 Å². The van der Waals surface area contributed by atoms with Crippen LogP contribution in [0.15, 0.2) is 15.8 Å². The number of aromatic amines is 1. The van der Waals surface area contributed by atoms with Crippen molar-refractivity contribution < 1.29 is 96.0 Å². The molecule has 1 fully saturated rings. The van der Waals surface area contributed by atoms with Crippen LogP contribution in [0.25, 0.3) is 0 Å². The van der Waals surface area contributed by atoms with E-state index in [1.807, 2.05) is 4.98 Å². The number of hydrogen-bond donors (Lipinski definition) is 5. The van der Waals surface area contributed by atoms with Crippen LogP contribution in [-0.4, -0.2) is 54.4 Å². The van der Waals surface area contributed by atoms with E-state index < -0.39 is 49.9 Å². The monoisotopic (exact) mass is 386 g/mol. The topological polar surface area (TPSA) is 171 Å². The molecule has 0 saturated carbocycles. The third-order valence-corrected chi connectivity index (χ3v) is 3.51. The van der Waals surface area contributed by atoms with Gasteiger partial charge in [-0.15, -0.1) is 0 Å². The third-order valence-electron chi connectivity index (χ3n) is 3.02. The number of aliphatic hydroxyl groups excluding tert-OH is 2. The average molecular weight is 386 g/mol. The normalized spacial score (nSPS) is 26.5. The van der Waals surface area contributed by atoms with Gasteiger partial charge in [0.2, 0.25) is 0 Å². The minimum atomic E-state index is -4.49. The summed E-state index contributed by atoms with van der Waals surface area (Å²) in [6.07, 6.45) is -6.02. The Bertz CT molecular complexity index is 727. The summed E-state index contributed by atoms with van der Waals surface area (Å²) < 4.78 is 21.4. The van der Waals surface area contributed by atoms with Crippen molar-refractivity contribution >= 4 is 7.60 Å².